The molecule has 1 amide bonds. The minimum absolute atomic E-state index is 0.129. The lowest BCUT2D eigenvalue weighted by atomic mass is 9.97. The molecule has 9 nitrogen and oxygen atoms in total. The van der Waals surface area contributed by atoms with Gasteiger partial charge in [-0.2, -0.15) is 5.10 Å². The summed E-state index contributed by atoms with van der Waals surface area (Å²) in [6.07, 6.45) is 1.05. The highest BCUT2D eigenvalue weighted by molar-refractivity contribution is 5.90. The van der Waals surface area contributed by atoms with Crippen LogP contribution in [0.1, 0.15) is 72.5 Å². The van der Waals surface area contributed by atoms with Gasteiger partial charge in [-0.15, -0.1) is 10.2 Å². The van der Waals surface area contributed by atoms with E-state index in [4.69, 9.17) is 4.42 Å². The van der Waals surface area contributed by atoms with Gasteiger partial charge in [0.25, 0.3) is 6.43 Å². The van der Waals surface area contributed by atoms with Gasteiger partial charge in [0.15, 0.2) is 0 Å². The second-order valence-electron chi connectivity index (χ2n) is 8.74. The Morgan fingerprint density at radius 2 is 2.12 bits per heavy atom. The third-order valence-electron chi connectivity index (χ3n) is 5.50. The molecule has 0 radical (unpaired) electrons. The standard InChI is InChI=1S/C21H21F2N7O2/c1-21(2,3)20-27-26-18(32-20)19(31)29-8-6-12-15(25-10-24-12)16(29)13-9-14-11(17(22)23)5-4-7-30(14)28-13/h4-5,7,9-10,16-17H,6,8H2,1-3H3,(H,24,25)/t16-/m0/s1. The number of aromatic amines is 1. The van der Waals surface area contributed by atoms with E-state index in [9.17, 15) is 13.6 Å². The van der Waals surface area contributed by atoms with Crippen molar-refractivity contribution in [1.82, 2.24) is 34.7 Å². The van der Waals surface area contributed by atoms with E-state index in [1.54, 1.807) is 23.5 Å². The predicted molar refractivity (Wildman–Crippen MR) is 108 cm³/mol. The van der Waals surface area contributed by atoms with Crippen molar-refractivity contribution in [2.45, 2.75) is 45.1 Å². The average molecular weight is 441 g/mol. The normalized spacial score (nSPS) is 16.7. The molecule has 0 spiro atoms. The van der Waals surface area contributed by atoms with E-state index < -0.39 is 23.8 Å². The van der Waals surface area contributed by atoms with Gasteiger partial charge in [-0.3, -0.25) is 4.79 Å². The van der Waals surface area contributed by atoms with Gasteiger partial charge in [0, 0.05) is 35.8 Å². The predicted octanol–water partition coefficient (Wildman–Crippen LogP) is 3.46. The summed E-state index contributed by atoms with van der Waals surface area (Å²) in [4.78, 5) is 22.4. The van der Waals surface area contributed by atoms with Crippen molar-refractivity contribution in [2.24, 2.45) is 0 Å². The van der Waals surface area contributed by atoms with Crippen molar-refractivity contribution < 1.29 is 18.0 Å². The zero-order valence-electron chi connectivity index (χ0n) is 17.7. The molecule has 4 aromatic heterocycles. The average Bonchev–Trinajstić information content (AvgIpc) is 3.50. The summed E-state index contributed by atoms with van der Waals surface area (Å²) < 4.78 is 34.1. The van der Waals surface area contributed by atoms with Crippen LogP contribution >= 0.6 is 0 Å². The third kappa shape index (κ3) is 3.24. The molecule has 0 saturated heterocycles. The van der Waals surface area contributed by atoms with Gasteiger partial charge < -0.3 is 14.3 Å². The maximum atomic E-state index is 13.5. The molecule has 1 N–H and O–H groups in total. The fourth-order valence-corrected chi connectivity index (χ4v) is 3.90. The molecule has 0 fully saturated rings. The lowest BCUT2D eigenvalue weighted by Gasteiger charge is -2.32. The molecule has 4 aromatic rings. The van der Waals surface area contributed by atoms with Crippen LogP contribution in [0.2, 0.25) is 0 Å². The topological polar surface area (TPSA) is 105 Å². The third-order valence-corrected chi connectivity index (χ3v) is 5.50. The number of nitrogens with zero attached hydrogens (tertiary/aromatic N) is 6. The molecule has 1 aliphatic rings. The molecule has 0 unspecified atom stereocenters. The number of rotatable bonds is 3. The van der Waals surface area contributed by atoms with Gasteiger partial charge >= 0.3 is 11.8 Å². The summed E-state index contributed by atoms with van der Waals surface area (Å²) in [5, 5.41) is 12.5. The van der Waals surface area contributed by atoms with E-state index in [1.165, 1.54) is 16.6 Å². The van der Waals surface area contributed by atoms with Crippen LogP contribution in [0.5, 0.6) is 0 Å². The van der Waals surface area contributed by atoms with Crippen molar-refractivity contribution in [3.05, 3.63) is 65.1 Å². The number of pyridine rings is 1. The van der Waals surface area contributed by atoms with Crippen LogP contribution in [0.3, 0.4) is 0 Å². The second kappa shape index (κ2) is 7.21. The molecule has 32 heavy (non-hydrogen) atoms. The monoisotopic (exact) mass is 441 g/mol. The fraction of sp³-hybridized carbons (Fsp3) is 0.381. The van der Waals surface area contributed by atoms with E-state index in [1.807, 2.05) is 20.8 Å². The number of imidazole rings is 1. The highest BCUT2D eigenvalue weighted by Crippen LogP contribution is 2.35. The Kier molecular flexibility index (Phi) is 4.57. The summed E-state index contributed by atoms with van der Waals surface area (Å²) in [6.45, 7) is 6.07. The number of alkyl halides is 2. The molecule has 1 aliphatic heterocycles. The van der Waals surface area contributed by atoms with Gasteiger partial charge in [-0.1, -0.05) is 20.8 Å². The lowest BCUT2D eigenvalue weighted by Crippen LogP contribution is -2.41. The number of halogens is 2. The van der Waals surface area contributed by atoms with Crippen LogP contribution in [-0.2, 0) is 11.8 Å². The van der Waals surface area contributed by atoms with Crippen LogP contribution in [0.25, 0.3) is 5.52 Å². The van der Waals surface area contributed by atoms with E-state index >= 15 is 0 Å². The van der Waals surface area contributed by atoms with Crippen molar-refractivity contribution >= 4 is 11.4 Å². The van der Waals surface area contributed by atoms with Crippen molar-refractivity contribution in [3.63, 3.8) is 0 Å². The summed E-state index contributed by atoms with van der Waals surface area (Å²) in [6, 6.07) is 3.77. The molecule has 0 bridgehead atoms. The van der Waals surface area contributed by atoms with Crippen molar-refractivity contribution in [2.75, 3.05) is 6.54 Å². The number of carbonyl (C=O) groups is 1. The highest BCUT2D eigenvalue weighted by Gasteiger charge is 2.38. The Morgan fingerprint density at radius 3 is 2.84 bits per heavy atom. The second-order valence-corrected chi connectivity index (χ2v) is 8.74. The Balaban J connectivity index is 1.60. The van der Waals surface area contributed by atoms with Gasteiger partial charge in [-0.05, 0) is 18.2 Å². The first-order valence-electron chi connectivity index (χ1n) is 10.2. The molecular weight excluding hydrogens is 420 g/mol. The SMILES string of the molecule is CC(C)(C)c1nnc(C(=O)N2CCc3[nH]cnc3[C@@H]2c2cc3c(C(F)F)cccn3n2)o1. The quantitative estimate of drug-likeness (QED) is 0.522. The molecule has 1 atom stereocenters. The smallest absolute Gasteiger partial charge is 0.312 e. The van der Waals surface area contributed by atoms with Crippen LogP contribution < -0.4 is 0 Å². The molecule has 5 heterocycles. The van der Waals surface area contributed by atoms with Crippen molar-refractivity contribution in [3.8, 4) is 0 Å². The first kappa shape index (κ1) is 20.3. The number of amides is 1. The summed E-state index contributed by atoms with van der Waals surface area (Å²) in [5.41, 5.74) is 1.65. The molecule has 166 valence electrons. The van der Waals surface area contributed by atoms with E-state index in [0.717, 1.165) is 5.69 Å². The molecule has 5 rings (SSSR count). The highest BCUT2D eigenvalue weighted by atomic mass is 19.3. The van der Waals surface area contributed by atoms with Crippen molar-refractivity contribution in [1.29, 1.82) is 0 Å². The summed E-state index contributed by atoms with van der Waals surface area (Å²) >= 11 is 0. The Hall–Kier alpha value is -3.63. The Bertz CT molecular complexity index is 1300. The number of hydrogen-bond donors (Lipinski definition) is 1. The van der Waals surface area contributed by atoms with Gasteiger partial charge in [0.1, 0.15) is 6.04 Å². The fourth-order valence-electron chi connectivity index (χ4n) is 3.90. The number of aromatic nitrogens is 6. The maximum absolute atomic E-state index is 13.5. The molecule has 11 heteroatoms. The zero-order valence-corrected chi connectivity index (χ0v) is 17.7. The largest absolute Gasteiger partial charge is 0.416 e. The van der Waals surface area contributed by atoms with Crippen LogP contribution in [0, 0.1) is 0 Å². The number of nitrogens with one attached hydrogen (secondary N) is 1. The first-order valence-corrected chi connectivity index (χ1v) is 10.2. The lowest BCUT2D eigenvalue weighted by molar-refractivity contribution is 0.0642. The molecule has 0 saturated carbocycles. The molecule has 0 aliphatic carbocycles. The van der Waals surface area contributed by atoms with Gasteiger partial charge in [0.05, 0.1) is 23.2 Å². The van der Waals surface area contributed by atoms with Gasteiger partial charge in [0.2, 0.25) is 5.89 Å². The van der Waals surface area contributed by atoms with Gasteiger partial charge in [-0.25, -0.2) is 18.3 Å². The summed E-state index contributed by atoms with van der Waals surface area (Å²) in [7, 11) is 0. The van der Waals surface area contributed by atoms with E-state index in [-0.39, 0.29) is 17.0 Å². The van der Waals surface area contributed by atoms with E-state index in [2.05, 4.69) is 25.3 Å². The zero-order chi connectivity index (χ0) is 22.6. The number of carbonyl (C=O) groups excluding carboxylic acids is 1. The molecule has 0 aromatic carbocycles. The number of hydrogen-bond acceptors (Lipinski definition) is 6. The van der Waals surface area contributed by atoms with Crippen LogP contribution in [0.15, 0.2) is 35.1 Å². The Morgan fingerprint density at radius 1 is 1.31 bits per heavy atom. The minimum atomic E-state index is -2.65. The van der Waals surface area contributed by atoms with Crippen LogP contribution in [-0.4, -0.2) is 47.1 Å². The van der Waals surface area contributed by atoms with Crippen LogP contribution in [0.4, 0.5) is 8.78 Å². The Labute approximate surface area is 181 Å². The van der Waals surface area contributed by atoms with E-state index in [0.29, 0.717) is 30.2 Å². The number of H-pyrrole nitrogens is 1. The first-order chi connectivity index (χ1) is 15.2. The molecular formula is C21H21F2N7O2. The minimum Gasteiger partial charge on any atom is -0.416 e. The number of fused-ring (bicyclic) bond motifs is 2. The maximum Gasteiger partial charge on any atom is 0.312 e. The summed E-state index contributed by atoms with van der Waals surface area (Å²) in [5.74, 6) is -0.238.